The summed E-state index contributed by atoms with van der Waals surface area (Å²) in [5.41, 5.74) is 0. The summed E-state index contributed by atoms with van der Waals surface area (Å²) in [6.45, 7) is 24.6. The molecule has 0 aromatic carbocycles. The van der Waals surface area contributed by atoms with Crippen LogP contribution in [0.2, 0.25) is 67.6 Å². The number of hydrogen-bond donors (Lipinski definition) is 1. The molecule has 0 aliphatic carbocycles. The normalized spacial score (nSPS) is 11.6. The quantitative estimate of drug-likeness (QED) is 0.0683. The van der Waals surface area contributed by atoms with E-state index >= 15 is 0 Å². The molecular formula is C37H57BBr4Cl6N8O8Si2. The van der Waals surface area contributed by atoms with Crippen LogP contribution in [0.15, 0.2) is 29.5 Å². The molecule has 4 aromatic rings. The molecule has 0 radical (unpaired) electrons. The molecule has 374 valence electrons. The number of fused-ring (bicyclic) bond motifs is 1. The number of hydrogen-bond acceptors (Lipinski definition) is 16. The summed E-state index contributed by atoms with van der Waals surface area (Å²) in [6, 6.07) is 0. The molecule has 0 bridgehead atoms. The Kier molecular flexibility index (Phi) is 34.6. The highest BCUT2D eigenvalue weighted by atomic mass is 79.9. The smallest absolute Gasteiger partial charge is 0.369 e. The summed E-state index contributed by atoms with van der Waals surface area (Å²) in [4.78, 5) is 30.1. The highest BCUT2D eigenvalue weighted by Gasteiger charge is 2.37. The number of rotatable bonds is 10. The largest absolute Gasteiger partial charge is 0.492 e. The van der Waals surface area contributed by atoms with E-state index in [1.165, 1.54) is 32.8 Å². The van der Waals surface area contributed by atoms with E-state index in [4.69, 9.17) is 107 Å². The molecular weight excluding hydrogens is 1280 g/mol. The van der Waals surface area contributed by atoms with Gasteiger partial charge in [0.15, 0.2) is 59.8 Å². The van der Waals surface area contributed by atoms with Crippen LogP contribution >= 0.6 is 133 Å². The first kappa shape index (κ1) is 67.4. The van der Waals surface area contributed by atoms with E-state index in [9.17, 15) is 0 Å². The van der Waals surface area contributed by atoms with Gasteiger partial charge in [-0.05, 0) is 87.0 Å². The Morgan fingerprint density at radius 3 is 1.36 bits per heavy atom. The van der Waals surface area contributed by atoms with Crippen LogP contribution in [0.5, 0.6) is 28.9 Å². The minimum absolute atomic E-state index is 0. The lowest BCUT2D eigenvalue weighted by atomic mass is 10.2. The van der Waals surface area contributed by atoms with Crippen molar-refractivity contribution in [2.75, 3.05) is 53.9 Å². The van der Waals surface area contributed by atoms with Gasteiger partial charge in [0.25, 0.3) is 5.88 Å². The molecule has 0 saturated heterocycles. The van der Waals surface area contributed by atoms with Crippen molar-refractivity contribution >= 4 is 153 Å². The Bertz CT molecular complexity index is 1960. The van der Waals surface area contributed by atoms with Crippen molar-refractivity contribution in [2.45, 2.75) is 85.2 Å². The summed E-state index contributed by atoms with van der Waals surface area (Å²) in [7, 11) is -0.348. The van der Waals surface area contributed by atoms with Crippen LogP contribution in [0.25, 0.3) is 0 Å². The maximum absolute atomic E-state index is 8.59. The molecule has 5 heterocycles. The number of aliphatic hydroxyl groups is 1. The third kappa shape index (κ3) is 28.3. The van der Waals surface area contributed by atoms with E-state index in [0.29, 0.717) is 66.6 Å². The van der Waals surface area contributed by atoms with Gasteiger partial charge in [-0.25, -0.2) is 34.9 Å². The standard InChI is InChI=1S/C12H20Cl2N2O2Si.C8H20O2Si.C6H5BrN2O2.2C5H4Cl2N2O.CH4.BBr3/c1-12(2,3)19(4,5)18-7-6-17-9-8-15-11(14)16-10(9)13;1-8(2,3)11(4,5)10-7-6-9;7-6-8-3-4-5(9-6)11-2-1-10-4;2*1-10-3-2-8-5(7)9-4(3)6;;2-1(3)4/h8H,6-7H2,1-5H3;9H,6-7H2,1-5H3;3H,1-2H2;2*2H,1H3;1H4;. The first-order valence-corrected chi connectivity index (χ1v) is 30.5. The molecule has 0 spiro atoms. The lowest BCUT2D eigenvalue weighted by Crippen LogP contribution is -2.41. The van der Waals surface area contributed by atoms with Crippen LogP contribution in [-0.2, 0) is 8.85 Å². The lowest BCUT2D eigenvalue weighted by Gasteiger charge is -2.36. The van der Waals surface area contributed by atoms with Crippen molar-refractivity contribution in [2.24, 2.45) is 0 Å². The fraction of sp³-hybridized carbons (Fsp3) is 0.568. The topological polar surface area (TPSA) is 188 Å². The van der Waals surface area contributed by atoms with Gasteiger partial charge < -0.3 is 37.6 Å². The summed E-state index contributed by atoms with van der Waals surface area (Å²) in [5.74, 6) is 2.39. The van der Waals surface area contributed by atoms with E-state index in [1.807, 2.05) is 0 Å². The van der Waals surface area contributed by atoms with E-state index in [-0.39, 0.29) is 58.6 Å². The predicted octanol–water partition coefficient (Wildman–Crippen LogP) is 13.6. The van der Waals surface area contributed by atoms with Crippen molar-refractivity contribution in [1.29, 1.82) is 0 Å². The zero-order valence-electron chi connectivity index (χ0n) is 37.8. The first-order chi connectivity index (χ1) is 30.0. The minimum atomic E-state index is -1.73. The molecule has 1 aliphatic rings. The lowest BCUT2D eigenvalue weighted by molar-refractivity contribution is 0.163. The molecule has 5 rings (SSSR count). The highest BCUT2D eigenvalue weighted by molar-refractivity contribution is 9.69. The number of halogens is 10. The van der Waals surface area contributed by atoms with Crippen molar-refractivity contribution in [1.82, 2.24) is 39.9 Å². The van der Waals surface area contributed by atoms with Gasteiger partial charge in [-0.15, -0.1) is 47.3 Å². The molecule has 1 N–H and O–H groups in total. The third-order valence-corrected chi connectivity index (χ3v) is 19.5. The van der Waals surface area contributed by atoms with Gasteiger partial charge in [0, 0.05) is 0 Å². The zero-order chi connectivity index (χ0) is 50.2. The maximum Gasteiger partial charge on any atom is 0.369 e. The van der Waals surface area contributed by atoms with Gasteiger partial charge >= 0.3 is 3.18 Å². The molecule has 0 saturated carbocycles. The Hall–Kier alpha value is -0.641. The number of ether oxygens (including phenoxy) is 5. The van der Waals surface area contributed by atoms with Crippen LogP contribution in [0.1, 0.15) is 49.0 Å². The van der Waals surface area contributed by atoms with Crippen molar-refractivity contribution in [3.05, 3.63) is 60.8 Å². The molecule has 0 unspecified atom stereocenters. The third-order valence-electron chi connectivity index (χ3n) is 8.73. The maximum atomic E-state index is 8.59. The van der Waals surface area contributed by atoms with Gasteiger partial charge in [-0.1, -0.05) is 83.8 Å². The summed E-state index contributed by atoms with van der Waals surface area (Å²) in [5, 5.41) is 10.0. The van der Waals surface area contributed by atoms with Gasteiger partial charge in [-0.3, -0.25) is 0 Å². The number of nitrogens with zero attached hydrogens (tertiary/aromatic N) is 8. The predicted molar refractivity (Wildman–Crippen MR) is 288 cm³/mol. The molecule has 1 aliphatic heterocycles. The van der Waals surface area contributed by atoms with Crippen LogP contribution < -0.4 is 23.7 Å². The molecule has 4 aromatic heterocycles. The SMILES string of the molecule is BrB(Br)Br.Brc1ncc2c(n1)OCCO2.C.CC(C)(C)[Si](C)(C)OCCO.CC(C)(C)[Si](C)(C)OCCOc1cnc(Cl)nc1Cl.COc1cnc(Cl)nc1Cl.COc1cnc(Cl)nc1Cl. The second kappa shape index (κ2) is 33.9. The van der Waals surface area contributed by atoms with Crippen molar-refractivity contribution in [3.63, 3.8) is 0 Å². The minimum Gasteiger partial charge on any atom is -0.492 e. The molecule has 29 heteroatoms. The van der Waals surface area contributed by atoms with Gasteiger partial charge in [0.05, 0.1) is 58.8 Å². The first-order valence-electron chi connectivity index (χ1n) is 18.9. The van der Waals surface area contributed by atoms with Gasteiger partial charge in [-0.2, -0.15) is 4.98 Å². The summed E-state index contributed by atoms with van der Waals surface area (Å²) >= 11 is 45.9. The molecule has 0 amide bonds. The van der Waals surface area contributed by atoms with Crippen LogP contribution in [-0.4, -0.2) is 119 Å². The van der Waals surface area contributed by atoms with E-state index < -0.39 is 16.6 Å². The Morgan fingerprint density at radius 1 is 0.621 bits per heavy atom. The Morgan fingerprint density at radius 2 is 1.00 bits per heavy atom. The fourth-order valence-corrected chi connectivity index (χ4v) is 6.82. The number of methoxy groups -OCH3 is 2. The summed E-state index contributed by atoms with van der Waals surface area (Å²) < 4.78 is 37.9. The zero-order valence-corrected chi connectivity index (χ0v) is 50.7. The van der Waals surface area contributed by atoms with Crippen LogP contribution in [0.4, 0.5) is 0 Å². The van der Waals surface area contributed by atoms with Crippen molar-refractivity contribution < 1.29 is 37.6 Å². The second-order valence-electron chi connectivity index (χ2n) is 15.3. The van der Waals surface area contributed by atoms with Crippen LogP contribution in [0, 0.1) is 0 Å². The van der Waals surface area contributed by atoms with E-state index in [2.05, 4.69) is 171 Å². The highest BCUT2D eigenvalue weighted by Crippen LogP contribution is 2.37. The van der Waals surface area contributed by atoms with Gasteiger partial charge in [0.1, 0.15) is 19.8 Å². The van der Waals surface area contributed by atoms with E-state index in [1.54, 1.807) is 6.20 Å². The molecule has 16 nitrogen and oxygen atoms in total. The van der Waals surface area contributed by atoms with E-state index in [0.717, 1.165) is 0 Å². The number of aromatic nitrogens is 8. The molecule has 0 fully saturated rings. The fourth-order valence-electron chi connectivity index (χ4n) is 3.37. The monoisotopic (exact) mass is 1330 g/mol. The van der Waals surface area contributed by atoms with Gasteiger partial charge in [0.2, 0.25) is 15.9 Å². The molecule has 66 heavy (non-hydrogen) atoms. The Balaban J connectivity index is 0. The second-order valence-corrected chi connectivity index (χ2v) is 34.2. The van der Waals surface area contributed by atoms with Crippen LogP contribution in [0.3, 0.4) is 0 Å². The average Bonchev–Trinajstić information content (AvgIpc) is 3.19. The molecule has 0 atom stereocenters. The van der Waals surface area contributed by atoms with Crippen molar-refractivity contribution in [3.8, 4) is 28.9 Å². The average molecular weight is 1340 g/mol. The summed E-state index contributed by atoms with van der Waals surface area (Å²) in [6.07, 6.45) is 5.88. The Labute approximate surface area is 454 Å². The number of aliphatic hydroxyl groups excluding tert-OH is 1.